The summed E-state index contributed by atoms with van der Waals surface area (Å²) in [7, 11) is 0. The topological polar surface area (TPSA) is 61.2 Å². The number of ketones is 1. The number of hydrogen-bond donors (Lipinski definition) is 0. The molecule has 0 spiro atoms. The minimum Gasteiger partial charge on any atom is -0.335 e. The summed E-state index contributed by atoms with van der Waals surface area (Å²) in [5.74, 6) is -0.150. The van der Waals surface area contributed by atoms with Crippen molar-refractivity contribution in [2.75, 3.05) is 6.54 Å². The van der Waals surface area contributed by atoms with E-state index in [2.05, 4.69) is 28.6 Å². The molecule has 0 aliphatic heterocycles. The number of halogens is 1. The van der Waals surface area contributed by atoms with E-state index >= 15 is 0 Å². The van der Waals surface area contributed by atoms with Crippen LogP contribution in [0, 0.1) is 11.3 Å². The minimum atomic E-state index is -0.0975. The molecule has 132 valence electrons. The lowest BCUT2D eigenvalue weighted by Crippen LogP contribution is -2.30. The molecular weight excluding hydrogens is 392 g/mol. The predicted octanol–water partition coefficient (Wildman–Crippen LogP) is 4.50. The zero-order chi connectivity index (χ0) is 18.9. The summed E-state index contributed by atoms with van der Waals surface area (Å²) in [6.07, 6.45) is 1.98. The van der Waals surface area contributed by atoms with Crippen LogP contribution in [-0.2, 0) is 11.3 Å². The smallest absolute Gasteiger partial charge is 0.223 e. The largest absolute Gasteiger partial charge is 0.335 e. The normalized spacial score (nSPS) is 10.0. The Labute approximate surface area is 161 Å². The van der Waals surface area contributed by atoms with Gasteiger partial charge in [-0.15, -0.1) is 6.58 Å². The van der Waals surface area contributed by atoms with Crippen molar-refractivity contribution in [3.05, 3.63) is 82.3 Å². The zero-order valence-corrected chi connectivity index (χ0v) is 15.9. The Morgan fingerprint density at radius 2 is 1.73 bits per heavy atom. The molecule has 1 amide bonds. The standard InChI is InChI=1S/C21H19BrN2O2/c1-2-13-24(15-17-5-3-16(14-23)4-6-17)21(26)12-11-20(25)18-7-9-19(22)10-8-18/h2-10H,1,11-13,15H2. The molecule has 2 aromatic carbocycles. The molecule has 0 bridgehead atoms. The number of benzene rings is 2. The summed E-state index contributed by atoms with van der Waals surface area (Å²) in [6.45, 7) is 4.52. The molecule has 0 fully saturated rings. The van der Waals surface area contributed by atoms with Crippen LogP contribution in [0.25, 0.3) is 0 Å². The SMILES string of the molecule is C=CCN(Cc1ccc(C#N)cc1)C(=O)CCC(=O)c1ccc(Br)cc1. The molecule has 0 aliphatic rings. The molecular formula is C21H19BrN2O2. The quantitative estimate of drug-likeness (QED) is 0.475. The van der Waals surface area contributed by atoms with Crippen LogP contribution in [-0.4, -0.2) is 23.1 Å². The molecule has 0 N–H and O–H groups in total. The molecule has 2 rings (SSSR count). The average molecular weight is 411 g/mol. The Hall–Kier alpha value is -2.71. The van der Waals surface area contributed by atoms with Crippen LogP contribution in [0.1, 0.15) is 34.3 Å². The second kappa shape index (κ2) is 9.69. The van der Waals surface area contributed by atoms with Crippen LogP contribution in [0.5, 0.6) is 0 Å². The monoisotopic (exact) mass is 410 g/mol. The second-order valence-corrected chi connectivity index (χ2v) is 6.72. The highest BCUT2D eigenvalue weighted by molar-refractivity contribution is 9.10. The van der Waals surface area contributed by atoms with Crippen LogP contribution >= 0.6 is 15.9 Å². The van der Waals surface area contributed by atoms with Gasteiger partial charge in [-0.3, -0.25) is 9.59 Å². The molecule has 0 saturated heterocycles. The molecule has 0 heterocycles. The van der Waals surface area contributed by atoms with E-state index in [9.17, 15) is 9.59 Å². The first-order chi connectivity index (χ1) is 12.5. The lowest BCUT2D eigenvalue weighted by Gasteiger charge is -2.21. The van der Waals surface area contributed by atoms with Gasteiger partial charge in [0.2, 0.25) is 5.91 Å². The third kappa shape index (κ3) is 5.68. The fourth-order valence-corrected chi connectivity index (χ4v) is 2.74. The van der Waals surface area contributed by atoms with Gasteiger partial charge in [-0.25, -0.2) is 0 Å². The van der Waals surface area contributed by atoms with Crippen LogP contribution in [0.4, 0.5) is 0 Å². The van der Waals surface area contributed by atoms with Gasteiger partial charge in [-0.05, 0) is 29.8 Å². The second-order valence-electron chi connectivity index (χ2n) is 5.80. The molecule has 0 aromatic heterocycles. The maximum Gasteiger partial charge on any atom is 0.223 e. The molecule has 4 nitrogen and oxygen atoms in total. The van der Waals surface area contributed by atoms with Gasteiger partial charge >= 0.3 is 0 Å². The Kier molecular flexibility index (Phi) is 7.31. The summed E-state index contributed by atoms with van der Waals surface area (Å²) in [4.78, 5) is 26.4. The molecule has 0 radical (unpaired) electrons. The van der Waals surface area contributed by atoms with E-state index in [1.807, 2.05) is 24.3 Å². The van der Waals surface area contributed by atoms with Crippen molar-refractivity contribution < 1.29 is 9.59 Å². The highest BCUT2D eigenvalue weighted by atomic mass is 79.9. The van der Waals surface area contributed by atoms with Crippen LogP contribution in [0.15, 0.2) is 65.7 Å². The molecule has 0 unspecified atom stereocenters. The van der Waals surface area contributed by atoms with Gasteiger partial charge in [0, 0.05) is 36.0 Å². The number of carbonyl (C=O) groups excluding carboxylic acids is 2. The first-order valence-electron chi connectivity index (χ1n) is 8.20. The maximum atomic E-state index is 12.5. The van der Waals surface area contributed by atoms with Crippen molar-refractivity contribution in [2.24, 2.45) is 0 Å². The number of rotatable bonds is 8. The van der Waals surface area contributed by atoms with Crippen LogP contribution < -0.4 is 0 Å². The highest BCUT2D eigenvalue weighted by Gasteiger charge is 2.15. The molecule has 0 atom stereocenters. The average Bonchev–Trinajstić information content (AvgIpc) is 2.66. The maximum absolute atomic E-state index is 12.5. The third-order valence-electron chi connectivity index (χ3n) is 3.89. The number of nitriles is 1. The summed E-state index contributed by atoms with van der Waals surface area (Å²) >= 11 is 3.33. The van der Waals surface area contributed by atoms with E-state index in [4.69, 9.17) is 5.26 Å². The van der Waals surface area contributed by atoms with E-state index in [1.165, 1.54) is 0 Å². The van der Waals surface area contributed by atoms with Gasteiger partial charge in [0.05, 0.1) is 11.6 Å². The van der Waals surface area contributed by atoms with Gasteiger partial charge in [-0.2, -0.15) is 5.26 Å². The van der Waals surface area contributed by atoms with E-state index < -0.39 is 0 Å². The third-order valence-corrected chi connectivity index (χ3v) is 4.42. The van der Waals surface area contributed by atoms with Crippen LogP contribution in [0.2, 0.25) is 0 Å². The minimum absolute atomic E-state index is 0.0530. The number of hydrogen-bond acceptors (Lipinski definition) is 3. The number of carbonyl (C=O) groups is 2. The Balaban J connectivity index is 1.96. The molecule has 0 saturated carbocycles. The van der Waals surface area contributed by atoms with E-state index in [-0.39, 0.29) is 24.5 Å². The molecule has 26 heavy (non-hydrogen) atoms. The van der Waals surface area contributed by atoms with Crippen LogP contribution in [0.3, 0.4) is 0 Å². The fourth-order valence-electron chi connectivity index (χ4n) is 2.47. The number of amides is 1. The van der Waals surface area contributed by atoms with E-state index in [0.29, 0.717) is 24.2 Å². The predicted molar refractivity (Wildman–Crippen MR) is 104 cm³/mol. The van der Waals surface area contributed by atoms with Gasteiger partial charge in [0.15, 0.2) is 5.78 Å². The van der Waals surface area contributed by atoms with Gasteiger partial charge in [0.25, 0.3) is 0 Å². The van der Waals surface area contributed by atoms with Crippen molar-refractivity contribution in [3.8, 4) is 6.07 Å². The first-order valence-corrected chi connectivity index (χ1v) is 8.99. The molecule has 0 aliphatic carbocycles. The fraction of sp³-hybridized carbons (Fsp3) is 0.190. The Morgan fingerprint density at radius 1 is 1.08 bits per heavy atom. The molecule has 2 aromatic rings. The summed E-state index contributed by atoms with van der Waals surface area (Å²) < 4.78 is 0.907. The summed E-state index contributed by atoms with van der Waals surface area (Å²) in [5.41, 5.74) is 2.11. The van der Waals surface area contributed by atoms with Crippen molar-refractivity contribution in [1.82, 2.24) is 4.90 Å². The summed E-state index contributed by atoms with van der Waals surface area (Å²) in [6, 6.07) is 16.3. The Morgan fingerprint density at radius 3 is 2.31 bits per heavy atom. The zero-order valence-electron chi connectivity index (χ0n) is 14.3. The van der Waals surface area contributed by atoms with Gasteiger partial charge in [-0.1, -0.05) is 46.3 Å². The van der Waals surface area contributed by atoms with E-state index in [0.717, 1.165) is 10.0 Å². The first kappa shape index (κ1) is 19.6. The lowest BCUT2D eigenvalue weighted by molar-refractivity contribution is -0.131. The van der Waals surface area contributed by atoms with E-state index in [1.54, 1.807) is 35.2 Å². The Bertz CT molecular complexity index is 821. The van der Waals surface area contributed by atoms with Gasteiger partial charge < -0.3 is 4.90 Å². The van der Waals surface area contributed by atoms with Crippen molar-refractivity contribution in [2.45, 2.75) is 19.4 Å². The molecule has 5 heteroatoms. The van der Waals surface area contributed by atoms with Crippen molar-refractivity contribution in [3.63, 3.8) is 0 Å². The summed E-state index contributed by atoms with van der Waals surface area (Å²) in [5, 5.41) is 8.85. The lowest BCUT2D eigenvalue weighted by atomic mass is 10.1. The highest BCUT2D eigenvalue weighted by Crippen LogP contribution is 2.14. The number of Topliss-reactive ketones (excluding diaryl/α,β-unsaturated/α-hetero) is 1. The van der Waals surface area contributed by atoms with Gasteiger partial charge in [0.1, 0.15) is 0 Å². The van der Waals surface area contributed by atoms with Crippen molar-refractivity contribution in [1.29, 1.82) is 5.26 Å². The number of nitrogens with zero attached hydrogens (tertiary/aromatic N) is 2. The van der Waals surface area contributed by atoms with Crippen molar-refractivity contribution >= 4 is 27.6 Å².